The van der Waals surface area contributed by atoms with Crippen LogP contribution in [0.25, 0.3) is 55.4 Å². The number of methoxy groups -OCH3 is 1. The number of halogens is 3. The van der Waals surface area contributed by atoms with E-state index < -0.39 is 67.6 Å². The van der Waals surface area contributed by atoms with Gasteiger partial charge in [-0.1, -0.05) is 67.6 Å². The van der Waals surface area contributed by atoms with Crippen molar-refractivity contribution in [1.29, 1.82) is 0 Å². The summed E-state index contributed by atoms with van der Waals surface area (Å²) in [5.41, 5.74) is 7.75. The Labute approximate surface area is 476 Å². The number of anilines is 1. The van der Waals surface area contributed by atoms with Crippen LogP contribution in [-0.2, 0) is 27.5 Å². The third-order valence-electron chi connectivity index (χ3n) is 16.5. The first-order valence-electron chi connectivity index (χ1n) is 28.3. The highest BCUT2D eigenvalue weighted by Crippen LogP contribution is 2.53. The molecular weight excluding hydrogens is 1070 g/mol. The average molecular weight is 1140 g/mol. The summed E-state index contributed by atoms with van der Waals surface area (Å²) in [5, 5.41) is 49.7. The van der Waals surface area contributed by atoms with Crippen LogP contribution in [0.2, 0.25) is 0 Å². The number of aliphatic hydroxyl groups is 2. The van der Waals surface area contributed by atoms with E-state index in [0.29, 0.717) is 80.0 Å². The van der Waals surface area contributed by atoms with Gasteiger partial charge in [0.15, 0.2) is 12.4 Å². The second kappa shape index (κ2) is 22.6. The molecule has 4 fully saturated rings. The smallest absolute Gasteiger partial charge is 0.319 e. The van der Waals surface area contributed by atoms with Crippen LogP contribution in [0.3, 0.4) is 0 Å². The van der Waals surface area contributed by atoms with Gasteiger partial charge in [0.05, 0.1) is 42.4 Å². The van der Waals surface area contributed by atoms with Gasteiger partial charge in [0.25, 0.3) is 0 Å². The number of rotatable bonds is 21. The monoisotopic (exact) mass is 1140 g/mol. The molecule has 1 aliphatic carbocycles. The lowest BCUT2D eigenvalue weighted by atomic mass is 9.88. The van der Waals surface area contributed by atoms with Gasteiger partial charge < -0.3 is 44.9 Å². The molecule has 2 amide bonds. The number of likely N-dealkylation sites (tertiary alicyclic amines) is 1. The highest BCUT2D eigenvalue weighted by atomic mass is 19.3. The summed E-state index contributed by atoms with van der Waals surface area (Å²) in [5.74, 6) is -4.04. The predicted octanol–water partition coefficient (Wildman–Crippen LogP) is 7.44. The number of alkyl halides is 2. The van der Waals surface area contributed by atoms with Crippen LogP contribution in [0.5, 0.6) is 11.8 Å². The summed E-state index contributed by atoms with van der Waals surface area (Å²) >= 11 is 0. The number of fused-ring (bicyclic) bond motifs is 4. The summed E-state index contributed by atoms with van der Waals surface area (Å²) in [6, 6.07) is 17.7. The number of hydrogen-bond acceptors (Lipinski definition) is 15. The molecule has 6 atom stereocenters. The number of nitrogens with one attached hydrogen (secondary N) is 3. The first-order chi connectivity index (χ1) is 40.1. The van der Waals surface area contributed by atoms with Crippen molar-refractivity contribution in [1.82, 2.24) is 60.5 Å². The maximum Gasteiger partial charge on any atom is 0.319 e. The van der Waals surface area contributed by atoms with Crippen molar-refractivity contribution in [2.45, 2.75) is 115 Å². The standard InChI is InChI=1S/C60H66F3N13O7/c1-6-75-49(17-18-66-75)38-15-13-37(14-16-38)48(28-77)67-57(79)50-20-41(78)26-74(50)58(80)54(32(2)3)76-27-47(71-72-76)36-9-7-34(8-10-36)29-82-55-52(51-33(4)45(61)22-46-44(51)24-65-70-46)42(35-11-12-35)21-43-53(55)68-59(83-31-60(62,63)30-81-5)69-56(43)73-25-39-19-40(73)23-64-39/h7-10,13-18,21-22,24,27,32,35,39-41,48,50,54,64,77-78H,6,11-12,19-20,23,25-26,28-31H2,1-5H3,(H,65,70)(H,67,79)/t39-,40-,41+,48-,50-,54-/m0/s1. The van der Waals surface area contributed by atoms with Crippen molar-refractivity contribution in [3.8, 4) is 45.4 Å². The van der Waals surface area contributed by atoms with Gasteiger partial charge in [-0.15, -0.1) is 5.10 Å². The Morgan fingerprint density at radius 2 is 1.73 bits per heavy atom. The molecule has 3 aliphatic heterocycles. The number of ether oxygens (including phenoxy) is 3. The number of β-amino-alcohol motifs (C(OH)–C–C–N with tert-alkyl or cyclic N) is 1. The zero-order chi connectivity index (χ0) is 57.8. The first-order valence-corrected chi connectivity index (χ1v) is 28.3. The Hall–Kier alpha value is -7.99. The lowest BCUT2D eigenvalue weighted by Gasteiger charge is -2.30. The van der Waals surface area contributed by atoms with E-state index in [1.54, 1.807) is 25.5 Å². The number of amides is 2. The topological polar surface area (TPSA) is 236 Å². The van der Waals surface area contributed by atoms with E-state index in [1.165, 1.54) is 22.8 Å². The zero-order valence-corrected chi connectivity index (χ0v) is 46.7. The molecule has 3 saturated heterocycles. The fourth-order valence-corrected chi connectivity index (χ4v) is 12.2. The molecule has 1 saturated carbocycles. The SMILES string of the molecule is CCn1nccc1-c1ccc([C@H](CO)NC(=O)[C@@H]2C[C@@H](O)CN2C(=O)[C@H](C(C)C)n2cc(-c3ccc(COc4c(-c5c(C)c(F)cc6[nH]ncc56)c(C5CC5)cc5c(N6C[C@@H]7C[C@H]6CN7)nc(OCC(F)(F)COC)nc45)cc3)nn2)cc1. The summed E-state index contributed by atoms with van der Waals surface area (Å²) in [6.45, 7) is 7.18. The molecule has 4 aliphatic rings. The van der Waals surface area contributed by atoms with E-state index in [1.807, 2.05) is 80.1 Å². The van der Waals surface area contributed by atoms with Crippen LogP contribution in [0.4, 0.5) is 19.0 Å². The summed E-state index contributed by atoms with van der Waals surface area (Å²) in [4.78, 5) is 42.0. The Morgan fingerprint density at radius 3 is 2.43 bits per heavy atom. The lowest BCUT2D eigenvalue weighted by Crippen LogP contribution is -2.50. The molecule has 0 radical (unpaired) electrons. The molecule has 83 heavy (non-hydrogen) atoms. The maximum atomic E-state index is 16.1. The number of piperazine rings is 1. The van der Waals surface area contributed by atoms with E-state index >= 15 is 4.39 Å². The number of aryl methyl sites for hydroxylation is 1. The molecule has 434 valence electrons. The number of aromatic nitrogens is 9. The molecule has 23 heteroatoms. The number of aromatic amines is 1. The van der Waals surface area contributed by atoms with Gasteiger partial charge in [-0.3, -0.25) is 19.4 Å². The Morgan fingerprint density at radius 1 is 0.952 bits per heavy atom. The minimum absolute atomic E-state index is 0.00369. The van der Waals surface area contributed by atoms with Crippen LogP contribution in [0.1, 0.15) is 86.7 Å². The van der Waals surface area contributed by atoms with Gasteiger partial charge in [0.1, 0.15) is 48.1 Å². The number of carbonyl (C=O) groups excluding carboxylic acids is 2. The Kier molecular flexibility index (Phi) is 15.1. The van der Waals surface area contributed by atoms with Gasteiger partial charge >= 0.3 is 11.9 Å². The van der Waals surface area contributed by atoms with Crippen molar-refractivity contribution in [2.24, 2.45) is 5.92 Å². The second-order valence-corrected chi connectivity index (χ2v) is 22.6. The van der Waals surface area contributed by atoms with Crippen molar-refractivity contribution in [2.75, 3.05) is 51.5 Å². The third-order valence-corrected chi connectivity index (χ3v) is 16.5. The molecule has 0 spiro atoms. The number of hydrogen-bond donors (Lipinski definition) is 5. The minimum atomic E-state index is -3.34. The molecule has 20 nitrogen and oxygen atoms in total. The first kappa shape index (κ1) is 55.5. The maximum absolute atomic E-state index is 16.1. The fourth-order valence-electron chi connectivity index (χ4n) is 12.2. The summed E-state index contributed by atoms with van der Waals surface area (Å²) in [7, 11) is 1.20. The molecule has 2 bridgehead atoms. The quantitative estimate of drug-likeness (QED) is 0.0470. The summed E-state index contributed by atoms with van der Waals surface area (Å²) < 4.78 is 67.0. The Balaban J connectivity index is 0.825. The lowest BCUT2D eigenvalue weighted by molar-refractivity contribution is -0.142. The van der Waals surface area contributed by atoms with Crippen LogP contribution >= 0.6 is 0 Å². The van der Waals surface area contributed by atoms with Crippen LogP contribution < -0.4 is 25.0 Å². The number of carbonyl (C=O) groups is 2. The number of aliphatic hydroxyl groups excluding tert-OH is 2. The molecule has 12 rings (SSSR count). The van der Waals surface area contributed by atoms with E-state index in [2.05, 4.69) is 47.2 Å². The van der Waals surface area contributed by atoms with Crippen LogP contribution in [0, 0.1) is 18.7 Å². The third kappa shape index (κ3) is 10.9. The van der Waals surface area contributed by atoms with E-state index in [4.69, 9.17) is 24.2 Å². The molecule has 8 aromatic rings. The van der Waals surface area contributed by atoms with Crippen molar-refractivity contribution in [3.05, 3.63) is 113 Å². The van der Waals surface area contributed by atoms with E-state index in [9.17, 15) is 28.6 Å². The van der Waals surface area contributed by atoms with Crippen molar-refractivity contribution >= 4 is 39.4 Å². The predicted molar refractivity (Wildman–Crippen MR) is 302 cm³/mol. The number of benzene rings is 4. The normalized spacial score (nSPS) is 19.6. The highest BCUT2D eigenvalue weighted by molar-refractivity contribution is 6.06. The van der Waals surface area contributed by atoms with E-state index in [0.717, 1.165) is 48.2 Å². The highest BCUT2D eigenvalue weighted by Gasteiger charge is 2.44. The van der Waals surface area contributed by atoms with Gasteiger partial charge in [-0.25, -0.2) is 17.9 Å². The summed E-state index contributed by atoms with van der Waals surface area (Å²) in [6.07, 6.45) is 6.80. The number of H-pyrrole nitrogens is 1. The average Bonchev–Trinajstić information content (AvgIpc) is 3.15. The number of nitrogens with zero attached hydrogens (tertiary/aromatic N) is 10. The Bertz CT molecular complexity index is 3700. The molecule has 4 aromatic heterocycles. The van der Waals surface area contributed by atoms with E-state index in [-0.39, 0.29) is 49.5 Å². The van der Waals surface area contributed by atoms with Gasteiger partial charge in [-0.2, -0.15) is 20.2 Å². The minimum Gasteiger partial charge on any atom is -0.486 e. The van der Waals surface area contributed by atoms with Crippen molar-refractivity contribution < 1.29 is 47.2 Å². The largest absolute Gasteiger partial charge is 0.486 e. The molecule has 0 unspecified atom stereocenters. The van der Waals surface area contributed by atoms with Gasteiger partial charge in [0, 0.05) is 85.5 Å². The van der Waals surface area contributed by atoms with Gasteiger partial charge in [0.2, 0.25) is 11.8 Å². The van der Waals surface area contributed by atoms with Crippen LogP contribution in [-0.4, -0.2) is 149 Å². The fraction of sp³-hybridized carbons (Fsp3) is 0.433. The van der Waals surface area contributed by atoms with Crippen LogP contribution in [0.15, 0.2) is 85.3 Å². The molecular formula is C60H66F3N13O7. The zero-order valence-electron chi connectivity index (χ0n) is 46.7. The molecule has 4 aromatic carbocycles. The molecule has 5 N–H and O–H groups in total. The second-order valence-electron chi connectivity index (χ2n) is 22.6. The van der Waals surface area contributed by atoms with Crippen molar-refractivity contribution in [3.63, 3.8) is 0 Å². The van der Waals surface area contributed by atoms with Gasteiger partial charge in [-0.05, 0) is 91.0 Å². The molecule has 7 heterocycles.